The number of nitrogens with one attached hydrogen (secondary N) is 1. The number of carbonyl (C=O) groups excluding carboxylic acids is 1. The summed E-state index contributed by atoms with van der Waals surface area (Å²) < 4.78 is 8.00. The molecule has 242 valence electrons. The highest BCUT2D eigenvalue weighted by Crippen LogP contribution is 2.40. The molecule has 6 rings (SSSR count). The Morgan fingerprint density at radius 3 is 2.61 bits per heavy atom. The molecule has 0 bridgehead atoms. The van der Waals surface area contributed by atoms with Gasteiger partial charge in [0.1, 0.15) is 23.1 Å². The van der Waals surface area contributed by atoms with E-state index in [4.69, 9.17) is 15.1 Å². The number of nitrogens with zero attached hydrogens (tertiary/aromatic N) is 4. The van der Waals surface area contributed by atoms with E-state index in [-0.39, 0.29) is 23.6 Å². The van der Waals surface area contributed by atoms with Crippen LogP contribution in [-0.2, 0) is 9.59 Å². The molecule has 4 heterocycles. The minimum absolute atomic E-state index is 0.0336. The molecule has 11 heteroatoms. The molecule has 2 aliphatic rings. The quantitative estimate of drug-likeness (QED) is 0.111. The van der Waals surface area contributed by atoms with E-state index in [9.17, 15) is 19.5 Å². The molecule has 0 spiro atoms. The van der Waals surface area contributed by atoms with Gasteiger partial charge in [-0.25, -0.2) is 14.6 Å². The molecule has 2 aliphatic heterocycles. The predicted octanol–water partition coefficient (Wildman–Crippen LogP) is 5.64. The van der Waals surface area contributed by atoms with Crippen LogP contribution in [0.4, 0.5) is 5.69 Å². The number of nitrogens with two attached hydrogens (primary N) is 1. The fourth-order valence-electron chi connectivity index (χ4n) is 6.90. The molecule has 0 radical (unpaired) electrons. The van der Waals surface area contributed by atoms with E-state index < -0.39 is 12.0 Å². The SMILES string of the molecule is C=C(c1oc2ccccc2c1N=C(N)[C@@H](C)CCCCC(=O)N1CCC(n2c(=O)[nH]c3ccccc32)CC1)N1CCC[C@H]1C(=O)O. The van der Waals surface area contributed by atoms with Crippen molar-refractivity contribution in [2.45, 2.75) is 70.4 Å². The number of hydrogen-bond donors (Lipinski definition) is 3. The smallest absolute Gasteiger partial charge is 0.326 e. The number of carboxylic acid groups (broad SMARTS) is 1. The number of aliphatic imine (C=N–C) groups is 1. The Kier molecular flexibility index (Phi) is 9.01. The standard InChI is InChI=1S/C35H42N6O5/c1-22(10-3-8-16-30(42)39-20-17-24(18-21-39)41-27-13-6-5-12-26(27)37-35(41)45)33(36)38-31-25-11-4-7-15-29(25)46-32(31)23(2)40-19-9-14-28(40)34(43)44/h4-7,11-13,15,22,24,28H,2-3,8-10,14,16-21H2,1H3,(H2,36,38)(H,37,45)(H,43,44)/t22-,28-/m0/s1. The van der Waals surface area contributed by atoms with Crippen molar-refractivity contribution in [1.29, 1.82) is 0 Å². The molecule has 0 unspecified atom stereocenters. The third-order valence-corrected chi connectivity index (χ3v) is 9.55. The first-order chi connectivity index (χ1) is 22.2. The molecule has 2 atom stereocenters. The van der Waals surface area contributed by atoms with Gasteiger partial charge in [0.25, 0.3) is 0 Å². The molecule has 2 aromatic heterocycles. The van der Waals surface area contributed by atoms with E-state index in [0.717, 1.165) is 54.9 Å². The topological polar surface area (TPSA) is 150 Å². The fourth-order valence-corrected chi connectivity index (χ4v) is 6.90. The maximum absolute atomic E-state index is 13.0. The summed E-state index contributed by atoms with van der Waals surface area (Å²) in [4.78, 5) is 48.9. The lowest BCUT2D eigenvalue weighted by Crippen LogP contribution is -2.40. The highest BCUT2D eigenvalue weighted by Gasteiger charge is 2.34. The van der Waals surface area contributed by atoms with Crippen LogP contribution in [0.15, 0.2) is 69.3 Å². The number of unbranched alkanes of at least 4 members (excludes halogenated alkanes) is 1. The van der Waals surface area contributed by atoms with Gasteiger partial charge in [0.15, 0.2) is 5.76 Å². The summed E-state index contributed by atoms with van der Waals surface area (Å²) in [6.45, 7) is 8.09. The van der Waals surface area contributed by atoms with Crippen molar-refractivity contribution >= 4 is 51.1 Å². The molecule has 0 aliphatic carbocycles. The number of furan rings is 1. The largest absolute Gasteiger partial charge is 0.480 e. The number of piperidine rings is 1. The van der Waals surface area contributed by atoms with Crippen LogP contribution in [0, 0.1) is 5.92 Å². The third-order valence-electron chi connectivity index (χ3n) is 9.55. The maximum atomic E-state index is 13.0. The van der Waals surface area contributed by atoms with Crippen molar-refractivity contribution in [3.63, 3.8) is 0 Å². The van der Waals surface area contributed by atoms with E-state index in [0.29, 0.717) is 61.0 Å². The third kappa shape index (κ3) is 6.18. The first kappa shape index (κ1) is 31.2. The Balaban J connectivity index is 1.03. The molecule has 1 amide bonds. The van der Waals surface area contributed by atoms with Gasteiger partial charge >= 0.3 is 11.7 Å². The van der Waals surface area contributed by atoms with Gasteiger partial charge in [-0.05, 0) is 62.8 Å². The zero-order valence-corrected chi connectivity index (χ0v) is 26.3. The van der Waals surface area contributed by atoms with Gasteiger partial charge in [0, 0.05) is 43.4 Å². The highest BCUT2D eigenvalue weighted by atomic mass is 16.4. The second kappa shape index (κ2) is 13.3. The van der Waals surface area contributed by atoms with Gasteiger partial charge < -0.3 is 30.0 Å². The van der Waals surface area contributed by atoms with E-state index in [1.54, 1.807) is 4.90 Å². The van der Waals surface area contributed by atoms with Gasteiger partial charge in [-0.15, -0.1) is 0 Å². The average molecular weight is 627 g/mol. The maximum Gasteiger partial charge on any atom is 0.326 e. The average Bonchev–Trinajstić information content (AvgIpc) is 3.78. The van der Waals surface area contributed by atoms with E-state index >= 15 is 0 Å². The van der Waals surface area contributed by atoms with E-state index in [1.165, 1.54) is 0 Å². The number of benzene rings is 2. The zero-order valence-electron chi connectivity index (χ0n) is 26.3. The van der Waals surface area contributed by atoms with Crippen LogP contribution in [0.25, 0.3) is 27.7 Å². The van der Waals surface area contributed by atoms with Crippen LogP contribution < -0.4 is 11.4 Å². The van der Waals surface area contributed by atoms with E-state index in [2.05, 4.69) is 11.6 Å². The number of imidazole rings is 1. The molecular formula is C35H42N6O5. The van der Waals surface area contributed by atoms with Crippen LogP contribution in [0.3, 0.4) is 0 Å². The number of aromatic amines is 1. The molecular weight excluding hydrogens is 584 g/mol. The summed E-state index contributed by atoms with van der Waals surface area (Å²) in [5, 5.41) is 10.5. The fraction of sp³-hybridized carbons (Fsp3) is 0.429. The number of hydrogen-bond acceptors (Lipinski definition) is 6. The van der Waals surface area contributed by atoms with Gasteiger partial charge in [0.05, 0.1) is 16.7 Å². The molecule has 4 aromatic rings. The second-order valence-electron chi connectivity index (χ2n) is 12.5. The second-order valence-corrected chi connectivity index (χ2v) is 12.5. The first-order valence-electron chi connectivity index (χ1n) is 16.2. The molecule has 11 nitrogen and oxygen atoms in total. The Morgan fingerprint density at radius 1 is 1.09 bits per heavy atom. The molecule has 0 saturated carbocycles. The number of H-pyrrole nitrogens is 1. The number of aliphatic carboxylic acids is 1. The van der Waals surface area contributed by atoms with Crippen LogP contribution in [0.5, 0.6) is 0 Å². The monoisotopic (exact) mass is 626 g/mol. The number of carboxylic acids is 1. The lowest BCUT2D eigenvalue weighted by molar-refractivity contribution is -0.141. The predicted molar refractivity (Wildman–Crippen MR) is 179 cm³/mol. The number of rotatable bonds is 11. The van der Waals surface area contributed by atoms with Crippen LogP contribution >= 0.6 is 0 Å². The number of carbonyl (C=O) groups is 2. The summed E-state index contributed by atoms with van der Waals surface area (Å²) in [7, 11) is 0. The van der Waals surface area contributed by atoms with Crippen molar-refractivity contribution in [2.24, 2.45) is 16.6 Å². The minimum atomic E-state index is -0.877. The van der Waals surface area contributed by atoms with Gasteiger partial charge in [-0.2, -0.15) is 0 Å². The Morgan fingerprint density at radius 2 is 1.83 bits per heavy atom. The number of amides is 1. The summed E-state index contributed by atoms with van der Waals surface area (Å²) in [6, 6.07) is 14.7. The van der Waals surface area contributed by atoms with Crippen molar-refractivity contribution < 1.29 is 19.1 Å². The normalized spacial score (nSPS) is 18.5. The lowest BCUT2D eigenvalue weighted by Gasteiger charge is -2.32. The van der Waals surface area contributed by atoms with Crippen molar-refractivity contribution in [3.8, 4) is 0 Å². The molecule has 2 saturated heterocycles. The Labute approximate surface area is 267 Å². The summed E-state index contributed by atoms with van der Waals surface area (Å²) in [5.74, 6) is 0.131. The van der Waals surface area contributed by atoms with Gasteiger partial charge in [0.2, 0.25) is 5.91 Å². The minimum Gasteiger partial charge on any atom is -0.480 e. The first-order valence-corrected chi connectivity index (χ1v) is 16.2. The number of likely N-dealkylation sites (tertiary alicyclic amines) is 2. The number of para-hydroxylation sites is 3. The molecule has 2 fully saturated rings. The zero-order chi connectivity index (χ0) is 32.4. The summed E-state index contributed by atoms with van der Waals surface area (Å²) in [5.41, 5.74) is 9.88. The summed E-state index contributed by atoms with van der Waals surface area (Å²) in [6.07, 6.45) is 5.64. The van der Waals surface area contributed by atoms with Crippen LogP contribution in [0.1, 0.15) is 70.1 Å². The number of fused-ring (bicyclic) bond motifs is 2. The number of aromatic nitrogens is 2. The van der Waals surface area contributed by atoms with E-state index in [1.807, 2.05) is 64.9 Å². The Bertz CT molecular complexity index is 1840. The highest BCUT2D eigenvalue weighted by molar-refractivity contribution is 5.99. The molecule has 46 heavy (non-hydrogen) atoms. The van der Waals surface area contributed by atoms with Crippen LogP contribution in [-0.4, -0.2) is 67.8 Å². The summed E-state index contributed by atoms with van der Waals surface area (Å²) >= 11 is 0. The van der Waals surface area contributed by atoms with Gasteiger partial charge in [-0.1, -0.05) is 44.2 Å². The van der Waals surface area contributed by atoms with Gasteiger partial charge in [-0.3, -0.25) is 9.36 Å². The number of amidine groups is 1. The van der Waals surface area contributed by atoms with Crippen molar-refractivity contribution in [1.82, 2.24) is 19.4 Å². The van der Waals surface area contributed by atoms with Crippen LogP contribution in [0.2, 0.25) is 0 Å². The Hall–Kier alpha value is -4.80. The van der Waals surface area contributed by atoms with Crippen molar-refractivity contribution in [3.05, 3.63) is 71.4 Å². The molecule has 4 N–H and O–H groups in total. The molecule has 2 aromatic carbocycles. The lowest BCUT2D eigenvalue weighted by atomic mass is 10.0. The van der Waals surface area contributed by atoms with Crippen molar-refractivity contribution in [2.75, 3.05) is 19.6 Å².